The highest BCUT2D eigenvalue weighted by Gasteiger charge is 2.18. The van der Waals surface area contributed by atoms with Gasteiger partial charge in [0.05, 0.1) is 5.39 Å². The number of benzene rings is 2. The van der Waals surface area contributed by atoms with E-state index in [9.17, 15) is 9.59 Å². The fourth-order valence-electron chi connectivity index (χ4n) is 3.40. The number of hydrogen-bond donors (Lipinski definition) is 0. The van der Waals surface area contributed by atoms with Crippen LogP contribution in [-0.4, -0.2) is 30.8 Å². The number of rotatable bonds is 7. The second-order valence-electron chi connectivity index (χ2n) is 7.35. The standard InChI is InChI=1S/C24H23N5O2/c1-2-18-9-11-19(12-10-18)15-28(16-20-6-5-13-25-14-20)23(30)17-29-24(31)21-7-3-4-8-22(21)26-27-29/h3-14H,2,15-17H2,1H3. The number of fused-ring (bicyclic) bond motifs is 1. The van der Waals surface area contributed by atoms with Gasteiger partial charge in [0.15, 0.2) is 0 Å². The molecule has 0 N–H and O–H groups in total. The number of carbonyl (C=O) groups is 1. The topological polar surface area (TPSA) is 81.0 Å². The summed E-state index contributed by atoms with van der Waals surface area (Å²) in [7, 11) is 0. The van der Waals surface area contributed by atoms with Crippen molar-refractivity contribution in [3.05, 3.63) is 100 Å². The van der Waals surface area contributed by atoms with Gasteiger partial charge in [-0.05, 0) is 41.3 Å². The van der Waals surface area contributed by atoms with Crippen molar-refractivity contribution in [1.29, 1.82) is 0 Å². The maximum atomic E-state index is 13.2. The maximum Gasteiger partial charge on any atom is 0.278 e. The SMILES string of the molecule is CCc1ccc(CN(Cc2cccnc2)C(=O)Cn2nnc3ccccc3c2=O)cc1. The highest BCUT2D eigenvalue weighted by atomic mass is 16.2. The zero-order chi connectivity index (χ0) is 21.6. The molecule has 0 aliphatic carbocycles. The van der Waals surface area contributed by atoms with Crippen LogP contribution in [0.3, 0.4) is 0 Å². The van der Waals surface area contributed by atoms with Crippen molar-refractivity contribution in [3.63, 3.8) is 0 Å². The quantitative estimate of drug-likeness (QED) is 0.465. The van der Waals surface area contributed by atoms with Crippen molar-refractivity contribution in [2.45, 2.75) is 33.0 Å². The van der Waals surface area contributed by atoms with E-state index < -0.39 is 0 Å². The Kier molecular flexibility index (Phi) is 6.12. The van der Waals surface area contributed by atoms with Gasteiger partial charge in [-0.1, -0.05) is 54.6 Å². The molecule has 156 valence electrons. The molecular formula is C24H23N5O2. The summed E-state index contributed by atoms with van der Waals surface area (Å²) in [5.74, 6) is -0.213. The molecule has 31 heavy (non-hydrogen) atoms. The molecule has 0 fully saturated rings. The monoisotopic (exact) mass is 413 g/mol. The van der Waals surface area contributed by atoms with Gasteiger partial charge in [-0.15, -0.1) is 5.10 Å². The summed E-state index contributed by atoms with van der Waals surface area (Å²) in [6, 6.07) is 19.0. The molecule has 2 heterocycles. The second kappa shape index (κ2) is 9.30. The molecule has 4 aromatic rings. The van der Waals surface area contributed by atoms with Crippen molar-refractivity contribution >= 4 is 16.8 Å². The average Bonchev–Trinajstić information content (AvgIpc) is 2.82. The average molecular weight is 413 g/mol. The number of aryl methyl sites for hydroxylation is 1. The van der Waals surface area contributed by atoms with E-state index in [4.69, 9.17) is 0 Å². The van der Waals surface area contributed by atoms with Crippen LogP contribution < -0.4 is 5.56 Å². The molecule has 2 aromatic carbocycles. The lowest BCUT2D eigenvalue weighted by molar-refractivity contribution is -0.133. The highest BCUT2D eigenvalue weighted by molar-refractivity contribution is 5.78. The Morgan fingerprint density at radius 1 is 0.935 bits per heavy atom. The first-order chi connectivity index (χ1) is 15.1. The van der Waals surface area contributed by atoms with Gasteiger partial charge >= 0.3 is 0 Å². The van der Waals surface area contributed by atoms with E-state index in [-0.39, 0.29) is 18.0 Å². The third kappa shape index (κ3) is 4.83. The van der Waals surface area contributed by atoms with Gasteiger partial charge in [0.2, 0.25) is 5.91 Å². The summed E-state index contributed by atoms with van der Waals surface area (Å²) >= 11 is 0. The number of nitrogens with zero attached hydrogens (tertiary/aromatic N) is 5. The third-order valence-electron chi connectivity index (χ3n) is 5.17. The molecule has 0 atom stereocenters. The summed E-state index contributed by atoms with van der Waals surface area (Å²) in [5.41, 5.74) is 3.36. The van der Waals surface area contributed by atoms with Gasteiger partial charge in [0.25, 0.3) is 5.56 Å². The number of hydrogen-bond acceptors (Lipinski definition) is 5. The Bertz CT molecular complexity index is 1240. The van der Waals surface area contributed by atoms with Gasteiger partial charge < -0.3 is 4.90 Å². The molecule has 1 amide bonds. The van der Waals surface area contributed by atoms with Gasteiger partial charge in [-0.2, -0.15) is 0 Å². The van der Waals surface area contributed by atoms with Crippen LogP contribution in [0.1, 0.15) is 23.6 Å². The number of pyridine rings is 1. The summed E-state index contributed by atoms with van der Waals surface area (Å²) in [5, 5.41) is 8.48. The van der Waals surface area contributed by atoms with E-state index in [1.54, 1.807) is 41.6 Å². The van der Waals surface area contributed by atoms with Crippen LogP contribution in [0, 0.1) is 0 Å². The summed E-state index contributed by atoms with van der Waals surface area (Å²) < 4.78 is 1.13. The lowest BCUT2D eigenvalue weighted by atomic mass is 10.1. The summed E-state index contributed by atoms with van der Waals surface area (Å²) in [6.45, 7) is 2.74. The minimum atomic E-state index is -0.326. The van der Waals surface area contributed by atoms with Crippen LogP contribution in [0.4, 0.5) is 0 Å². The van der Waals surface area contributed by atoms with Gasteiger partial charge in [-0.3, -0.25) is 14.6 Å². The van der Waals surface area contributed by atoms with E-state index in [0.29, 0.717) is 24.0 Å². The second-order valence-corrected chi connectivity index (χ2v) is 7.35. The molecule has 0 spiro atoms. The van der Waals surface area contributed by atoms with E-state index in [0.717, 1.165) is 22.2 Å². The van der Waals surface area contributed by atoms with Crippen LogP contribution in [0.2, 0.25) is 0 Å². The minimum absolute atomic E-state index is 0.177. The van der Waals surface area contributed by atoms with Crippen molar-refractivity contribution in [2.75, 3.05) is 0 Å². The molecule has 7 nitrogen and oxygen atoms in total. The fraction of sp³-hybridized carbons (Fsp3) is 0.208. The van der Waals surface area contributed by atoms with Crippen LogP contribution in [-0.2, 0) is 30.8 Å². The zero-order valence-corrected chi connectivity index (χ0v) is 17.3. The van der Waals surface area contributed by atoms with E-state index in [2.05, 4.69) is 34.4 Å². The third-order valence-corrected chi connectivity index (χ3v) is 5.17. The van der Waals surface area contributed by atoms with Crippen molar-refractivity contribution in [2.24, 2.45) is 0 Å². The Balaban J connectivity index is 1.59. The molecule has 2 aromatic heterocycles. The first-order valence-electron chi connectivity index (χ1n) is 10.2. The minimum Gasteiger partial charge on any atom is -0.332 e. The molecule has 0 aliphatic rings. The molecule has 0 bridgehead atoms. The van der Waals surface area contributed by atoms with Crippen LogP contribution in [0.25, 0.3) is 10.9 Å². The Morgan fingerprint density at radius 3 is 2.42 bits per heavy atom. The molecular weight excluding hydrogens is 390 g/mol. The largest absolute Gasteiger partial charge is 0.332 e. The zero-order valence-electron chi connectivity index (χ0n) is 17.3. The van der Waals surface area contributed by atoms with E-state index in [1.807, 2.05) is 24.3 Å². The Morgan fingerprint density at radius 2 is 1.68 bits per heavy atom. The van der Waals surface area contributed by atoms with Crippen molar-refractivity contribution in [3.8, 4) is 0 Å². The summed E-state index contributed by atoms with van der Waals surface area (Å²) in [6.07, 6.45) is 4.40. The number of aromatic nitrogens is 4. The number of carbonyl (C=O) groups excluding carboxylic acids is 1. The lowest BCUT2D eigenvalue weighted by Gasteiger charge is -2.23. The fourth-order valence-corrected chi connectivity index (χ4v) is 3.40. The smallest absolute Gasteiger partial charge is 0.278 e. The van der Waals surface area contributed by atoms with E-state index in [1.165, 1.54) is 5.56 Å². The molecule has 0 unspecified atom stereocenters. The van der Waals surface area contributed by atoms with Gasteiger partial charge in [0.1, 0.15) is 12.1 Å². The van der Waals surface area contributed by atoms with Crippen LogP contribution in [0.5, 0.6) is 0 Å². The highest BCUT2D eigenvalue weighted by Crippen LogP contribution is 2.12. The van der Waals surface area contributed by atoms with Gasteiger partial charge in [0, 0.05) is 25.5 Å². The first-order valence-corrected chi connectivity index (χ1v) is 10.2. The Hall–Kier alpha value is -3.87. The maximum absolute atomic E-state index is 13.2. The molecule has 0 radical (unpaired) electrons. The van der Waals surface area contributed by atoms with Crippen molar-refractivity contribution < 1.29 is 4.79 Å². The predicted molar refractivity (Wildman–Crippen MR) is 118 cm³/mol. The Labute approximate surface area is 180 Å². The molecule has 0 aliphatic heterocycles. The molecule has 0 saturated heterocycles. The normalized spacial score (nSPS) is 10.9. The van der Waals surface area contributed by atoms with Crippen LogP contribution in [0.15, 0.2) is 77.9 Å². The summed E-state index contributed by atoms with van der Waals surface area (Å²) in [4.78, 5) is 31.8. The van der Waals surface area contributed by atoms with Crippen molar-refractivity contribution in [1.82, 2.24) is 24.9 Å². The van der Waals surface area contributed by atoms with E-state index >= 15 is 0 Å². The van der Waals surface area contributed by atoms with Crippen LogP contribution >= 0.6 is 0 Å². The molecule has 4 rings (SSSR count). The lowest BCUT2D eigenvalue weighted by Crippen LogP contribution is -2.37. The number of amides is 1. The first kappa shape index (κ1) is 20.4. The molecule has 7 heteroatoms. The predicted octanol–water partition coefficient (Wildman–Crippen LogP) is 2.98. The molecule has 0 saturated carbocycles. The van der Waals surface area contributed by atoms with Gasteiger partial charge in [-0.25, -0.2) is 4.68 Å².